The van der Waals surface area contributed by atoms with E-state index >= 15 is 0 Å². The Morgan fingerprint density at radius 1 is 0.875 bits per heavy atom. The van der Waals surface area contributed by atoms with E-state index < -0.39 is 0 Å². The first kappa shape index (κ1) is 24.3. The smallest absolute Gasteiger partial charge is 0.343 e. The summed E-state index contributed by atoms with van der Waals surface area (Å²) in [5.74, 6) is 1.17. The molecule has 1 aliphatic carbocycles. The van der Waals surface area contributed by atoms with E-state index in [0.29, 0.717) is 11.3 Å². The number of benzene rings is 2. The SMILES string of the molecule is CCCCCCCc1ccc(OC(=O)c2ccc(C3=CCC(CCCC)CC3)cc2)cc1. The summed E-state index contributed by atoms with van der Waals surface area (Å²) in [6.07, 6.45) is 17.5. The van der Waals surface area contributed by atoms with E-state index in [0.717, 1.165) is 18.8 Å². The van der Waals surface area contributed by atoms with Gasteiger partial charge in [-0.15, -0.1) is 0 Å². The molecule has 0 saturated carbocycles. The molecule has 2 aromatic carbocycles. The summed E-state index contributed by atoms with van der Waals surface area (Å²) in [4.78, 5) is 12.6. The molecule has 32 heavy (non-hydrogen) atoms. The molecule has 1 unspecified atom stereocenters. The van der Waals surface area contributed by atoms with Crippen LogP contribution in [0.4, 0.5) is 0 Å². The molecule has 1 aliphatic rings. The number of hydrogen-bond donors (Lipinski definition) is 0. The van der Waals surface area contributed by atoms with Gasteiger partial charge in [0.2, 0.25) is 0 Å². The van der Waals surface area contributed by atoms with Crippen molar-refractivity contribution < 1.29 is 9.53 Å². The average molecular weight is 433 g/mol. The molecule has 0 heterocycles. The Balaban J connectivity index is 1.48. The van der Waals surface area contributed by atoms with Gasteiger partial charge in [-0.2, -0.15) is 0 Å². The molecular formula is C30H40O2. The van der Waals surface area contributed by atoms with Crippen LogP contribution in [0.15, 0.2) is 54.6 Å². The normalized spacial score (nSPS) is 15.9. The summed E-state index contributed by atoms with van der Waals surface area (Å²) < 4.78 is 5.60. The van der Waals surface area contributed by atoms with E-state index in [1.165, 1.54) is 80.9 Å². The first-order valence-electron chi connectivity index (χ1n) is 12.8. The molecule has 2 nitrogen and oxygen atoms in total. The molecule has 3 rings (SSSR count). The number of aryl methyl sites for hydroxylation is 1. The molecule has 2 heteroatoms. The fourth-order valence-electron chi connectivity index (χ4n) is 4.55. The second-order valence-electron chi connectivity index (χ2n) is 9.29. The number of allylic oxidation sites excluding steroid dienone is 2. The number of rotatable bonds is 12. The van der Waals surface area contributed by atoms with Crippen LogP contribution in [0.1, 0.15) is 106 Å². The summed E-state index contributed by atoms with van der Waals surface area (Å²) in [5, 5.41) is 0. The van der Waals surface area contributed by atoms with Crippen molar-refractivity contribution in [2.75, 3.05) is 0 Å². The minimum Gasteiger partial charge on any atom is -0.423 e. The molecule has 2 aromatic rings. The largest absolute Gasteiger partial charge is 0.423 e. The van der Waals surface area contributed by atoms with Crippen molar-refractivity contribution in [3.8, 4) is 5.75 Å². The predicted octanol–water partition coefficient (Wildman–Crippen LogP) is 8.79. The standard InChI is InChI=1S/C30H40O2/c1-3-5-7-8-9-11-25-14-22-29(23-15-25)32-30(31)28-20-18-27(19-21-28)26-16-12-24(13-17-26)10-6-4-2/h14-16,18-24H,3-13,17H2,1-2H3. The van der Waals surface area contributed by atoms with Crippen LogP contribution < -0.4 is 4.74 Å². The van der Waals surface area contributed by atoms with Gasteiger partial charge >= 0.3 is 5.97 Å². The van der Waals surface area contributed by atoms with E-state index in [1.807, 2.05) is 24.3 Å². The highest BCUT2D eigenvalue weighted by Crippen LogP contribution is 2.32. The molecule has 0 aromatic heterocycles. The van der Waals surface area contributed by atoms with Gasteiger partial charge in [0, 0.05) is 0 Å². The molecule has 0 amide bonds. The molecular weight excluding hydrogens is 392 g/mol. The van der Waals surface area contributed by atoms with Crippen LogP contribution in [0.25, 0.3) is 5.57 Å². The number of carbonyl (C=O) groups excluding carboxylic acids is 1. The maximum atomic E-state index is 12.6. The molecule has 0 N–H and O–H groups in total. The highest BCUT2D eigenvalue weighted by atomic mass is 16.5. The third-order valence-electron chi connectivity index (χ3n) is 6.68. The zero-order valence-electron chi connectivity index (χ0n) is 20.1. The molecule has 1 atom stereocenters. The van der Waals surface area contributed by atoms with Crippen molar-refractivity contribution in [1.82, 2.24) is 0 Å². The van der Waals surface area contributed by atoms with Crippen molar-refractivity contribution in [2.45, 2.75) is 90.9 Å². The minimum atomic E-state index is -0.291. The minimum absolute atomic E-state index is 0.291. The topological polar surface area (TPSA) is 26.3 Å². The molecule has 0 spiro atoms. The maximum absolute atomic E-state index is 12.6. The van der Waals surface area contributed by atoms with Gasteiger partial charge in [0.05, 0.1) is 5.56 Å². The van der Waals surface area contributed by atoms with Crippen LogP contribution in [-0.2, 0) is 6.42 Å². The van der Waals surface area contributed by atoms with E-state index in [4.69, 9.17) is 4.74 Å². The lowest BCUT2D eigenvalue weighted by molar-refractivity contribution is 0.0734. The van der Waals surface area contributed by atoms with Gasteiger partial charge in [-0.1, -0.05) is 89.1 Å². The molecule has 0 saturated heterocycles. The van der Waals surface area contributed by atoms with Gasteiger partial charge in [0.25, 0.3) is 0 Å². The van der Waals surface area contributed by atoms with E-state index in [-0.39, 0.29) is 5.97 Å². The van der Waals surface area contributed by atoms with Crippen molar-refractivity contribution >= 4 is 11.5 Å². The lowest BCUT2D eigenvalue weighted by Crippen LogP contribution is -2.09. The fraction of sp³-hybridized carbons (Fsp3) is 0.500. The Hall–Kier alpha value is -2.35. The number of unbranched alkanes of at least 4 members (excludes halogenated alkanes) is 5. The lowest BCUT2D eigenvalue weighted by Gasteiger charge is -2.22. The van der Waals surface area contributed by atoms with Crippen LogP contribution in [-0.4, -0.2) is 5.97 Å². The number of ether oxygens (including phenoxy) is 1. The van der Waals surface area contributed by atoms with Crippen LogP contribution in [0, 0.1) is 5.92 Å². The molecule has 0 radical (unpaired) electrons. The second kappa shape index (κ2) is 13.3. The average Bonchev–Trinajstić information content (AvgIpc) is 2.84. The summed E-state index contributed by atoms with van der Waals surface area (Å²) in [5.41, 5.74) is 4.57. The quantitative estimate of drug-likeness (QED) is 0.190. The second-order valence-corrected chi connectivity index (χ2v) is 9.29. The van der Waals surface area contributed by atoms with Gasteiger partial charge in [0.15, 0.2) is 0 Å². The van der Waals surface area contributed by atoms with Gasteiger partial charge in [-0.05, 0) is 79.0 Å². The molecule has 172 valence electrons. The van der Waals surface area contributed by atoms with Crippen LogP contribution in [0.5, 0.6) is 5.75 Å². The fourth-order valence-corrected chi connectivity index (χ4v) is 4.55. The van der Waals surface area contributed by atoms with Crippen LogP contribution >= 0.6 is 0 Å². The van der Waals surface area contributed by atoms with E-state index in [1.54, 1.807) is 0 Å². The predicted molar refractivity (Wildman–Crippen MR) is 135 cm³/mol. The van der Waals surface area contributed by atoms with Crippen molar-refractivity contribution in [3.05, 3.63) is 71.3 Å². The number of hydrogen-bond acceptors (Lipinski definition) is 2. The van der Waals surface area contributed by atoms with Crippen LogP contribution in [0.2, 0.25) is 0 Å². The first-order chi connectivity index (χ1) is 15.7. The Bertz CT molecular complexity index is 845. The Morgan fingerprint density at radius 3 is 2.25 bits per heavy atom. The summed E-state index contributed by atoms with van der Waals surface area (Å²) in [6.45, 7) is 4.51. The van der Waals surface area contributed by atoms with Crippen molar-refractivity contribution in [1.29, 1.82) is 0 Å². The third-order valence-corrected chi connectivity index (χ3v) is 6.68. The highest BCUT2D eigenvalue weighted by Gasteiger charge is 2.16. The summed E-state index contributed by atoms with van der Waals surface area (Å²) in [7, 11) is 0. The molecule has 0 fully saturated rings. The molecule has 0 bridgehead atoms. The van der Waals surface area contributed by atoms with E-state index in [9.17, 15) is 4.79 Å². The van der Waals surface area contributed by atoms with Crippen molar-refractivity contribution in [2.24, 2.45) is 5.92 Å². The zero-order valence-corrected chi connectivity index (χ0v) is 20.1. The zero-order chi connectivity index (χ0) is 22.6. The molecule has 0 aliphatic heterocycles. The third kappa shape index (κ3) is 7.65. The summed E-state index contributed by atoms with van der Waals surface area (Å²) in [6, 6.07) is 15.9. The number of esters is 1. The summed E-state index contributed by atoms with van der Waals surface area (Å²) >= 11 is 0. The monoisotopic (exact) mass is 432 g/mol. The lowest BCUT2D eigenvalue weighted by atomic mass is 9.84. The van der Waals surface area contributed by atoms with Gasteiger partial charge < -0.3 is 4.74 Å². The Morgan fingerprint density at radius 2 is 1.59 bits per heavy atom. The highest BCUT2D eigenvalue weighted by molar-refractivity contribution is 5.91. The first-order valence-corrected chi connectivity index (χ1v) is 12.8. The van der Waals surface area contributed by atoms with Gasteiger partial charge in [0.1, 0.15) is 5.75 Å². The van der Waals surface area contributed by atoms with Gasteiger partial charge in [-0.25, -0.2) is 4.79 Å². The Labute approximate surface area is 195 Å². The van der Waals surface area contributed by atoms with Gasteiger partial charge in [-0.3, -0.25) is 0 Å². The van der Waals surface area contributed by atoms with Crippen molar-refractivity contribution in [3.63, 3.8) is 0 Å². The Kier molecular flexibility index (Phi) is 10.1. The van der Waals surface area contributed by atoms with Crippen LogP contribution in [0.3, 0.4) is 0 Å². The number of carbonyl (C=O) groups is 1. The van der Waals surface area contributed by atoms with E-state index in [2.05, 4.69) is 44.2 Å². The maximum Gasteiger partial charge on any atom is 0.343 e.